The van der Waals surface area contributed by atoms with Gasteiger partial charge in [-0.05, 0) is 79.9 Å². The van der Waals surface area contributed by atoms with Crippen LogP contribution in [0.4, 0.5) is 10.2 Å². The van der Waals surface area contributed by atoms with E-state index in [0.717, 1.165) is 30.2 Å². The van der Waals surface area contributed by atoms with E-state index in [4.69, 9.17) is 4.52 Å². The number of aryl methyl sites for hydroxylation is 1. The van der Waals surface area contributed by atoms with Gasteiger partial charge in [0.15, 0.2) is 11.6 Å². The van der Waals surface area contributed by atoms with Crippen molar-refractivity contribution in [2.45, 2.75) is 58.3 Å². The lowest BCUT2D eigenvalue weighted by Gasteiger charge is -2.49. The summed E-state index contributed by atoms with van der Waals surface area (Å²) in [5.41, 5.74) is 1.74. The number of aromatic nitrogens is 1. The lowest BCUT2D eigenvalue weighted by Crippen LogP contribution is -2.44. The minimum absolute atomic E-state index is 0.00368. The number of nitrogens with zero attached hydrogens (tertiary/aromatic N) is 1. The highest BCUT2D eigenvalue weighted by Gasteiger charge is 2.60. The topological polar surface area (TPSA) is 92.4 Å². The molecular weight excluding hydrogens is 423 g/mol. The van der Waals surface area contributed by atoms with E-state index in [1.54, 1.807) is 19.1 Å². The Hall–Kier alpha value is -2.96. The molecule has 1 aromatic heterocycles. The van der Waals surface area contributed by atoms with Crippen molar-refractivity contribution in [1.82, 2.24) is 5.16 Å². The Labute approximate surface area is 192 Å². The van der Waals surface area contributed by atoms with Crippen LogP contribution in [0.1, 0.15) is 61.8 Å². The van der Waals surface area contributed by atoms with E-state index in [9.17, 15) is 19.1 Å². The lowest BCUT2D eigenvalue weighted by molar-refractivity contribution is -0.127. The summed E-state index contributed by atoms with van der Waals surface area (Å²) >= 11 is 0. The van der Waals surface area contributed by atoms with Crippen LogP contribution in [0.5, 0.6) is 0 Å². The molecule has 1 aromatic carbocycles. The zero-order valence-electron chi connectivity index (χ0n) is 18.9. The molecule has 0 radical (unpaired) electrons. The van der Waals surface area contributed by atoms with Crippen LogP contribution >= 0.6 is 0 Å². The van der Waals surface area contributed by atoms with Gasteiger partial charge in [0.2, 0.25) is 5.91 Å². The van der Waals surface area contributed by atoms with Crippen molar-refractivity contribution in [1.29, 1.82) is 0 Å². The third-order valence-electron chi connectivity index (χ3n) is 8.30. The van der Waals surface area contributed by atoms with E-state index in [2.05, 4.69) is 10.5 Å². The molecule has 1 amide bonds. The number of halogens is 1. The fraction of sp³-hybridized carbons (Fsp3) is 0.500. The molecule has 5 rings (SSSR count). The van der Waals surface area contributed by atoms with Crippen molar-refractivity contribution < 1.29 is 23.6 Å². The number of hydrogen-bond acceptors (Lipinski definition) is 5. The van der Waals surface area contributed by atoms with Crippen molar-refractivity contribution in [2.24, 2.45) is 23.2 Å². The first kappa shape index (κ1) is 21.9. The standard InChI is InChI=1S/C26H29FN2O4/c1-14-12-22(29-33-14)28-23(31)9-8-19-20(13-30)25(32)26(2)11-10-16-15-4-3-5-21(27)17(15)6-7-18(16)24(19)26/h3-5,12-13,16,18-19,24,30H,6-11H2,1-2H3,(H,28,29,31)/b20-13-/t16?,18?,19-,24?,26+/m1/s1. The molecule has 0 spiro atoms. The van der Waals surface area contributed by atoms with Gasteiger partial charge in [0.25, 0.3) is 0 Å². The van der Waals surface area contributed by atoms with Gasteiger partial charge in [0.05, 0.1) is 6.26 Å². The second-order valence-corrected chi connectivity index (χ2v) is 10.0. The van der Waals surface area contributed by atoms with Crippen LogP contribution in [0.3, 0.4) is 0 Å². The number of fused-ring (bicyclic) bond motifs is 5. The summed E-state index contributed by atoms with van der Waals surface area (Å²) in [5, 5.41) is 16.5. The van der Waals surface area contributed by atoms with Crippen LogP contribution in [0.2, 0.25) is 0 Å². The summed E-state index contributed by atoms with van der Waals surface area (Å²) in [4.78, 5) is 26.0. The quantitative estimate of drug-likeness (QED) is 0.489. The molecule has 3 aliphatic carbocycles. The maximum absolute atomic E-state index is 14.5. The molecule has 3 unspecified atom stereocenters. The lowest BCUT2D eigenvalue weighted by atomic mass is 9.54. The van der Waals surface area contributed by atoms with Crippen LogP contribution in [-0.4, -0.2) is 22.0 Å². The maximum atomic E-state index is 14.5. The van der Waals surface area contributed by atoms with Crippen molar-refractivity contribution in [3.05, 3.63) is 58.8 Å². The average Bonchev–Trinajstić information content (AvgIpc) is 3.29. The van der Waals surface area contributed by atoms with Crippen LogP contribution in [0.25, 0.3) is 0 Å². The largest absolute Gasteiger partial charge is 0.515 e. The Kier molecular flexibility index (Phi) is 5.38. The molecule has 6 nitrogen and oxygen atoms in total. The smallest absolute Gasteiger partial charge is 0.225 e. The number of aliphatic hydroxyl groups is 1. The second kappa shape index (κ2) is 8.12. The number of allylic oxidation sites excluding steroid dienone is 1. The van der Waals surface area contributed by atoms with Crippen LogP contribution in [-0.2, 0) is 16.0 Å². The highest BCUT2D eigenvalue weighted by atomic mass is 19.1. The molecule has 2 N–H and O–H groups in total. The molecule has 1 heterocycles. The molecule has 2 saturated carbocycles. The first-order chi connectivity index (χ1) is 15.8. The summed E-state index contributed by atoms with van der Waals surface area (Å²) in [5.74, 6) is 0.839. The summed E-state index contributed by atoms with van der Waals surface area (Å²) in [6.07, 6.45) is 4.62. The van der Waals surface area contributed by atoms with Crippen molar-refractivity contribution in [3.63, 3.8) is 0 Å². The fourth-order valence-corrected chi connectivity index (χ4v) is 6.93. The van der Waals surface area contributed by atoms with Gasteiger partial charge in [0, 0.05) is 23.5 Å². The number of anilines is 1. The molecule has 0 bridgehead atoms. The number of ketones is 1. The van der Waals surface area contributed by atoms with Gasteiger partial charge in [0.1, 0.15) is 11.6 Å². The van der Waals surface area contributed by atoms with E-state index >= 15 is 0 Å². The van der Waals surface area contributed by atoms with E-state index in [-0.39, 0.29) is 47.6 Å². The predicted octanol–water partition coefficient (Wildman–Crippen LogP) is 5.24. The summed E-state index contributed by atoms with van der Waals surface area (Å²) in [7, 11) is 0. The number of aliphatic hydroxyl groups excluding tert-OH is 1. The zero-order valence-corrected chi connectivity index (χ0v) is 18.9. The average molecular weight is 453 g/mol. The summed E-state index contributed by atoms with van der Waals surface area (Å²) in [6, 6.07) is 6.98. The van der Waals surface area contributed by atoms with Crippen molar-refractivity contribution in [2.75, 3.05) is 5.32 Å². The normalized spacial score (nSPS) is 31.7. The molecule has 2 fully saturated rings. The number of carbonyl (C=O) groups excluding carboxylic acids is 2. The molecule has 7 heteroatoms. The van der Waals surface area contributed by atoms with Crippen LogP contribution < -0.4 is 5.32 Å². The minimum Gasteiger partial charge on any atom is -0.515 e. The Balaban J connectivity index is 1.41. The molecule has 174 valence electrons. The Morgan fingerprint density at radius 2 is 2.21 bits per heavy atom. The fourth-order valence-electron chi connectivity index (χ4n) is 6.93. The maximum Gasteiger partial charge on any atom is 0.225 e. The third kappa shape index (κ3) is 3.49. The monoisotopic (exact) mass is 452 g/mol. The van der Waals surface area contributed by atoms with Gasteiger partial charge >= 0.3 is 0 Å². The predicted molar refractivity (Wildman–Crippen MR) is 120 cm³/mol. The van der Waals surface area contributed by atoms with Gasteiger partial charge in [-0.3, -0.25) is 9.59 Å². The van der Waals surface area contributed by atoms with Gasteiger partial charge < -0.3 is 14.9 Å². The number of amides is 1. The highest BCUT2D eigenvalue weighted by Crippen LogP contribution is 2.63. The zero-order chi connectivity index (χ0) is 23.3. The Bertz CT molecular complexity index is 1140. The van der Waals surface area contributed by atoms with Gasteiger partial charge in [-0.25, -0.2) is 4.39 Å². The summed E-state index contributed by atoms with van der Waals surface area (Å²) < 4.78 is 19.5. The number of hydrogen-bond donors (Lipinski definition) is 2. The molecule has 0 saturated heterocycles. The third-order valence-corrected chi connectivity index (χ3v) is 8.30. The van der Waals surface area contributed by atoms with Crippen LogP contribution in [0, 0.1) is 35.9 Å². The summed E-state index contributed by atoms with van der Waals surface area (Å²) in [6.45, 7) is 3.76. The SMILES string of the molecule is Cc1cc(NC(=O)CC[C@@H]2/C(=C/O)C(=O)[C@@]3(C)CCC4c5cccc(F)c5CCC4C23)no1. The highest BCUT2D eigenvalue weighted by molar-refractivity contribution is 6.03. The molecule has 2 aromatic rings. The van der Waals surface area contributed by atoms with Gasteiger partial charge in [-0.1, -0.05) is 24.2 Å². The number of rotatable bonds is 4. The van der Waals surface area contributed by atoms with E-state index in [0.29, 0.717) is 36.4 Å². The molecule has 33 heavy (non-hydrogen) atoms. The Morgan fingerprint density at radius 1 is 1.39 bits per heavy atom. The number of Topliss-reactive ketones (excluding diaryl/α,β-unsaturated/α-hetero) is 1. The molecular formula is C26H29FN2O4. The van der Waals surface area contributed by atoms with E-state index in [1.165, 1.54) is 6.07 Å². The van der Waals surface area contributed by atoms with Gasteiger partial charge in [-0.15, -0.1) is 0 Å². The van der Waals surface area contributed by atoms with E-state index in [1.807, 2.05) is 13.0 Å². The van der Waals surface area contributed by atoms with Crippen molar-refractivity contribution >= 4 is 17.5 Å². The number of nitrogens with one attached hydrogen (secondary N) is 1. The van der Waals surface area contributed by atoms with Gasteiger partial charge in [-0.2, -0.15) is 0 Å². The minimum atomic E-state index is -0.565. The first-order valence-electron chi connectivity index (χ1n) is 11.7. The molecule has 3 aliphatic rings. The Morgan fingerprint density at radius 3 is 2.94 bits per heavy atom. The van der Waals surface area contributed by atoms with Crippen molar-refractivity contribution in [3.8, 4) is 0 Å². The second-order valence-electron chi connectivity index (χ2n) is 10.0. The van der Waals surface area contributed by atoms with Crippen LogP contribution in [0.15, 0.2) is 40.6 Å². The first-order valence-corrected chi connectivity index (χ1v) is 11.7. The number of benzene rings is 1. The number of carbonyl (C=O) groups is 2. The van der Waals surface area contributed by atoms with E-state index < -0.39 is 5.41 Å². The molecule has 0 aliphatic heterocycles. The molecule has 5 atom stereocenters.